The summed E-state index contributed by atoms with van der Waals surface area (Å²) in [5.74, 6) is -0.683. The smallest absolute Gasteiger partial charge is 0.309 e. The molecule has 2 N–H and O–H groups in total. The lowest BCUT2D eigenvalue weighted by molar-refractivity contribution is -0.150. The van der Waals surface area contributed by atoms with Crippen LogP contribution in [0.4, 0.5) is 0 Å². The maximum Gasteiger partial charge on any atom is 0.309 e. The molecule has 0 bridgehead atoms. The number of piperidine rings is 1. The maximum atomic E-state index is 11.0. The highest BCUT2D eigenvalue weighted by atomic mass is 16.4. The summed E-state index contributed by atoms with van der Waals surface area (Å²) in [6.07, 6.45) is 1.92. The van der Waals surface area contributed by atoms with Crippen molar-refractivity contribution in [1.29, 1.82) is 0 Å². The van der Waals surface area contributed by atoms with Gasteiger partial charge in [0.25, 0.3) is 0 Å². The van der Waals surface area contributed by atoms with Crippen molar-refractivity contribution in [2.45, 2.75) is 39.2 Å². The van der Waals surface area contributed by atoms with Crippen molar-refractivity contribution in [3.05, 3.63) is 0 Å². The third-order valence-electron chi connectivity index (χ3n) is 3.34. The van der Waals surface area contributed by atoms with E-state index in [1.54, 1.807) is 6.92 Å². The fourth-order valence-corrected chi connectivity index (χ4v) is 1.85. The number of aliphatic carboxylic acids is 1. The first-order valence-electron chi connectivity index (χ1n) is 5.58. The monoisotopic (exact) mass is 215 g/mol. The van der Waals surface area contributed by atoms with Crippen molar-refractivity contribution in [3.8, 4) is 0 Å². The van der Waals surface area contributed by atoms with Crippen molar-refractivity contribution in [2.24, 2.45) is 5.41 Å². The Labute approximate surface area is 90.9 Å². The summed E-state index contributed by atoms with van der Waals surface area (Å²) in [4.78, 5) is 13.2. The van der Waals surface area contributed by atoms with E-state index >= 15 is 0 Å². The molecule has 1 unspecified atom stereocenters. The molecule has 0 aliphatic carbocycles. The van der Waals surface area contributed by atoms with E-state index in [-0.39, 0.29) is 6.10 Å². The highest BCUT2D eigenvalue weighted by Gasteiger charge is 2.36. The lowest BCUT2D eigenvalue weighted by Gasteiger charge is -2.36. The first-order valence-corrected chi connectivity index (χ1v) is 5.58. The van der Waals surface area contributed by atoms with Gasteiger partial charge in [0.15, 0.2) is 0 Å². The van der Waals surface area contributed by atoms with Gasteiger partial charge in [-0.2, -0.15) is 0 Å². The highest BCUT2D eigenvalue weighted by Crippen LogP contribution is 2.30. The summed E-state index contributed by atoms with van der Waals surface area (Å²) >= 11 is 0. The number of hydrogen-bond acceptors (Lipinski definition) is 3. The largest absolute Gasteiger partial charge is 0.481 e. The third-order valence-corrected chi connectivity index (χ3v) is 3.34. The minimum atomic E-state index is -0.683. The highest BCUT2D eigenvalue weighted by molar-refractivity contribution is 5.74. The van der Waals surface area contributed by atoms with Crippen LogP contribution >= 0.6 is 0 Å². The predicted octanol–water partition coefficient (Wildman–Crippen LogP) is 0.944. The lowest BCUT2D eigenvalue weighted by atomic mass is 9.80. The molecular formula is C11H21NO3. The number of carboxylic acid groups (broad SMARTS) is 1. The Kier molecular flexibility index (Phi) is 4.11. The van der Waals surface area contributed by atoms with Crippen molar-refractivity contribution in [1.82, 2.24) is 4.90 Å². The van der Waals surface area contributed by atoms with Crippen molar-refractivity contribution < 1.29 is 15.0 Å². The fraction of sp³-hybridized carbons (Fsp3) is 0.909. The summed E-state index contributed by atoms with van der Waals surface area (Å²) in [6, 6.07) is 0. The van der Waals surface area contributed by atoms with Crippen molar-refractivity contribution >= 4 is 5.97 Å². The van der Waals surface area contributed by atoms with Crippen LogP contribution in [0.2, 0.25) is 0 Å². The van der Waals surface area contributed by atoms with Crippen LogP contribution in [0.15, 0.2) is 0 Å². The molecule has 15 heavy (non-hydrogen) atoms. The molecule has 1 atom stereocenters. The normalized spacial score (nSPS) is 23.7. The van der Waals surface area contributed by atoms with Crippen LogP contribution in [0.1, 0.15) is 33.1 Å². The number of carboxylic acids is 1. The average molecular weight is 215 g/mol. The molecule has 4 heteroatoms. The van der Waals surface area contributed by atoms with Gasteiger partial charge in [0.1, 0.15) is 0 Å². The first-order chi connectivity index (χ1) is 6.94. The van der Waals surface area contributed by atoms with Gasteiger partial charge in [-0.1, -0.05) is 0 Å². The van der Waals surface area contributed by atoms with E-state index in [0.29, 0.717) is 12.8 Å². The Balaban J connectivity index is 2.32. The summed E-state index contributed by atoms with van der Waals surface area (Å²) in [5.41, 5.74) is -0.540. The number of aliphatic hydroxyl groups is 1. The summed E-state index contributed by atoms with van der Waals surface area (Å²) < 4.78 is 0. The second-order valence-corrected chi connectivity index (χ2v) is 4.85. The van der Waals surface area contributed by atoms with Gasteiger partial charge in [-0.05, 0) is 46.2 Å². The minimum Gasteiger partial charge on any atom is -0.481 e. The number of hydrogen-bond donors (Lipinski definition) is 2. The Morgan fingerprint density at radius 2 is 2.00 bits per heavy atom. The molecule has 1 fully saturated rings. The molecular weight excluding hydrogens is 194 g/mol. The van der Waals surface area contributed by atoms with Crippen LogP contribution < -0.4 is 0 Å². The Morgan fingerprint density at radius 1 is 1.47 bits per heavy atom. The van der Waals surface area contributed by atoms with E-state index in [1.807, 2.05) is 6.92 Å². The summed E-state index contributed by atoms with van der Waals surface area (Å²) in [6.45, 7) is 6.13. The first kappa shape index (κ1) is 12.5. The van der Waals surface area contributed by atoms with E-state index in [0.717, 1.165) is 26.1 Å². The molecule has 0 radical (unpaired) electrons. The van der Waals surface area contributed by atoms with E-state index in [1.165, 1.54) is 0 Å². The zero-order valence-electron chi connectivity index (χ0n) is 9.57. The van der Waals surface area contributed by atoms with Crippen molar-refractivity contribution in [2.75, 3.05) is 19.6 Å². The number of aliphatic hydroxyl groups excluding tert-OH is 1. The fourth-order valence-electron chi connectivity index (χ4n) is 1.85. The zero-order chi connectivity index (χ0) is 11.5. The van der Waals surface area contributed by atoms with Crippen molar-refractivity contribution in [3.63, 3.8) is 0 Å². The standard InChI is InChI=1S/C11H21NO3/c1-9(13)3-6-12-7-4-11(2,5-8-12)10(14)15/h9,13H,3-8H2,1-2H3,(H,14,15). The number of carbonyl (C=O) groups is 1. The Morgan fingerprint density at radius 3 is 2.40 bits per heavy atom. The molecule has 4 nitrogen and oxygen atoms in total. The number of rotatable bonds is 4. The van der Waals surface area contributed by atoms with Gasteiger partial charge in [-0.15, -0.1) is 0 Å². The topological polar surface area (TPSA) is 60.8 Å². The van der Waals surface area contributed by atoms with Crippen LogP contribution in [0.25, 0.3) is 0 Å². The molecule has 1 aliphatic rings. The number of likely N-dealkylation sites (tertiary alicyclic amines) is 1. The van der Waals surface area contributed by atoms with E-state index < -0.39 is 11.4 Å². The van der Waals surface area contributed by atoms with Gasteiger partial charge in [0.05, 0.1) is 11.5 Å². The van der Waals surface area contributed by atoms with Gasteiger partial charge in [-0.25, -0.2) is 0 Å². The van der Waals surface area contributed by atoms with Crippen LogP contribution in [-0.2, 0) is 4.79 Å². The van der Waals surface area contributed by atoms with Gasteiger partial charge in [0, 0.05) is 6.54 Å². The maximum absolute atomic E-state index is 11.0. The van der Waals surface area contributed by atoms with Crippen LogP contribution in [0.5, 0.6) is 0 Å². The van der Waals surface area contributed by atoms with Crippen LogP contribution in [0, 0.1) is 5.41 Å². The molecule has 1 aliphatic heterocycles. The molecule has 1 saturated heterocycles. The Bertz CT molecular complexity index is 220. The SMILES string of the molecule is CC(O)CCN1CCC(C)(C(=O)O)CC1. The summed E-state index contributed by atoms with van der Waals surface area (Å²) in [5, 5.41) is 18.2. The quantitative estimate of drug-likeness (QED) is 0.733. The predicted molar refractivity (Wildman–Crippen MR) is 57.7 cm³/mol. The van der Waals surface area contributed by atoms with Gasteiger partial charge in [-0.3, -0.25) is 4.79 Å². The molecule has 0 spiro atoms. The molecule has 88 valence electrons. The minimum absolute atomic E-state index is 0.266. The van der Waals surface area contributed by atoms with E-state index in [9.17, 15) is 4.79 Å². The average Bonchev–Trinajstić information content (AvgIpc) is 2.16. The van der Waals surface area contributed by atoms with Crippen LogP contribution in [-0.4, -0.2) is 46.8 Å². The van der Waals surface area contributed by atoms with Gasteiger partial charge >= 0.3 is 5.97 Å². The second kappa shape index (κ2) is 4.94. The zero-order valence-corrected chi connectivity index (χ0v) is 9.57. The van der Waals surface area contributed by atoms with Gasteiger partial charge in [0.2, 0.25) is 0 Å². The van der Waals surface area contributed by atoms with Gasteiger partial charge < -0.3 is 15.1 Å². The third kappa shape index (κ3) is 3.47. The molecule has 0 aromatic heterocycles. The van der Waals surface area contributed by atoms with Crippen LogP contribution in [0.3, 0.4) is 0 Å². The molecule has 0 amide bonds. The molecule has 0 aromatic rings. The van der Waals surface area contributed by atoms with E-state index in [2.05, 4.69) is 4.90 Å². The molecule has 0 aromatic carbocycles. The molecule has 1 rings (SSSR count). The number of nitrogens with zero attached hydrogens (tertiary/aromatic N) is 1. The second-order valence-electron chi connectivity index (χ2n) is 4.85. The van der Waals surface area contributed by atoms with E-state index in [4.69, 9.17) is 10.2 Å². The summed E-state index contributed by atoms with van der Waals surface area (Å²) in [7, 11) is 0. The molecule has 0 saturated carbocycles. The Hall–Kier alpha value is -0.610. The molecule has 1 heterocycles. The lowest BCUT2D eigenvalue weighted by Crippen LogP contribution is -2.43.